The predicted octanol–water partition coefficient (Wildman–Crippen LogP) is 2.72. The van der Waals surface area contributed by atoms with Gasteiger partial charge in [0.25, 0.3) is 11.5 Å². The number of aryl methyl sites for hydroxylation is 1. The van der Waals surface area contributed by atoms with E-state index >= 15 is 0 Å². The Bertz CT molecular complexity index is 1660. The maximum Gasteiger partial charge on any atom is 0.332 e. The van der Waals surface area contributed by atoms with Crippen LogP contribution in [0.15, 0.2) is 57.7 Å². The van der Waals surface area contributed by atoms with Crippen molar-refractivity contribution in [1.82, 2.24) is 18.7 Å². The van der Waals surface area contributed by atoms with E-state index in [2.05, 4.69) is 10.2 Å². The number of para-hydroxylation sites is 1. The molecule has 1 fully saturated rings. The third kappa shape index (κ3) is 5.67. The molecule has 5 rings (SSSR count). The third-order valence-corrected chi connectivity index (χ3v) is 7.84. The van der Waals surface area contributed by atoms with Crippen molar-refractivity contribution >= 4 is 34.5 Å². The highest BCUT2D eigenvalue weighted by atomic mass is 16.2. The molecule has 1 aliphatic carbocycles. The lowest BCUT2D eigenvalue weighted by Gasteiger charge is -2.31. The lowest BCUT2D eigenvalue weighted by atomic mass is 9.98. The highest BCUT2D eigenvalue weighted by molar-refractivity contribution is 6.09. The van der Waals surface area contributed by atoms with Crippen molar-refractivity contribution < 1.29 is 9.59 Å². The van der Waals surface area contributed by atoms with Gasteiger partial charge in [-0.1, -0.05) is 30.4 Å². The quantitative estimate of drug-likeness (QED) is 0.320. The van der Waals surface area contributed by atoms with Crippen molar-refractivity contribution in [2.75, 3.05) is 23.3 Å². The van der Waals surface area contributed by atoms with E-state index in [9.17, 15) is 19.2 Å². The van der Waals surface area contributed by atoms with Gasteiger partial charge in [-0.2, -0.15) is 4.98 Å². The normalized spacial score (nSPS) is 17.7. The Kier molecular flexibility index (Phi) is 8.34. The van der Waals surface area contributed by atoms with Crippen LogP contribution in [-0.4, -0.2) is 49.5 Å². The minimum Gasteiger partial charge on any atom is -0.341 e. The van der Waals surface area contributed by atoms with Crippen LogP contribution in [0.3, 0.4) is 0 Å². The van der Waals surface area contributed by atoms with Gasteiger partial charge in [-0.3, -0.25) is 23.5 Å². The summed E-state index contributed by atoms with van der Waals surface area (Å²) in [5.41, 5.74) is 6.80. The van der Waals surface area contributed by atoms with Crippen molar-refractivity contribution in [3.05, 3.63) is 74.5 Å². The molecule has 1 saturated heterocycles. The Morgan fingerprint density at radius 3 is 2.68 bits per heavy atom. The van der Waals surface area contributed by atoms with E-state index in [1.165, 1.54) is 4.57 Å². The minimum atomic E-state index is -0.637. The molecule has 1 aliphatic heterocycles. The summed E-state index contributed by atoms with van der Waals surface area (Å²) in [7, 11) is 1.55. The first-order chi connectivity index (χ1) is 19.8. The predicted molar refractivity (Wildman–Crippen MR) is 159 cm³/mol. The minimum absolute atomic E-state index is 0.00760. The Morgan fingerprint density at radius 2 is 1.95 bits per heavy atom. The van der Waals surface area contributed by atoms with Gasteiger partial charge in [0.15, 0.2) is 16.9 Å². The summed E-state index contributed by atoms with van der Waals surface area (Å²) < 4.78 is 4.06. The fraction of sp³-hybridized carbons (Fsp3) is 0.433. The third-order valence-electron chi connectivity index (χ3n) is 7.84. The number of nitrogens with one attached hydrogen (secondary N) is 1. The number of aromatic nitrogens is 4. The van der Waals surface area contributed by atoms with Gasteiger partial charge in [0, 0.05) is 43.9 Å². The molecule has 1 amide bonds. The van der Waals surface area contributed by atoms with Crippen LogP contribution in [0.5, 0.6) is 0 Å². The van der Waals surface area contributed by atoms with Gasteiger partial charge < -0.3 is 20.5 Å². The number of hydrogen-bond donors (Lipinski definition) is 2. The molecule has 3 heterocycles. The molecule has 1 aromatic carbocycles. The molecule has 11 heteroatoms. The monoisotopic (exact) mass is 559 g/mol. The summed E-state index contributed by atoms with van der Waals surface area (Å²) in [4.78, 5) is 60.5. The molecule has 11 nitrogen and oxygen atoms in total. The number of Topliss-reactive ketones (excluding diaryl/α,β-unsaturated/α-hetero) is 1. The van der Waals surface area contributed by atoms with Crippen LogP contribution in [0, 0.1) is 0 Å². The van der Waals surface area contributed by atoms with Gasteiger partial charge in [-0.15, -0.1) is 0 Å². The molecule has 0 radical (unpaired) electrons. The summed E-state index contributed by atoms with van der Waals surface area (Å²) >= 11 is 0. The van der Waals surface area contributed by atoms with Crippen LogP contribution in [0.1, 0.15) is 55.8 Å². The number of fused-ring (bicyclic) bond motifs is 1. The number of rotatable bonds is 8. The number of nitrogens with zero attached hydrogens (tertiary/aromatic N) is 5. The molecule has 1 atom stereocenters. The molecule has 1 unspecified atom stereocenters. The fourth-order valence-corrected chi connectivity index (χ4v) is 5.63. The lowest BCUT2D eigenvalue weighted by molar-refractivity contribution is -0.113. The fourth-order valence-electron chi connectivity index (χ4n) is 5.63. The Hall–Kier alpha value is -4.25. The lowest BCUT2D eigenvalue weighted by Crippen LogP contribution is -2.44. The number of hydrogen-bond acceptors (Lipinski definition) is 7. The zero-order chi connectivity index (χ0) is 29.1. The molecule has 41 heavy (non-hydrogen) atoms. The number of amides is 1. The largest absolute Gasteiger partial charge is 0.341 e. The van der Waals surface area contributed by atoms with Crippen molar-refractivity contribution in [2.24, 2.45) is 12.8 Å². The zero-order valence-corrected chi connectivity index (χ0v) is 23.6. The van der Waals surface area contributed by atoms with Gasteiger partial charge in [0.1, 0.15) is 0 Å². The molecule has 3 aromatic rings. The summed E-state index contributed by atoms with van der Waals surface area (Å²) in [5.74, 6) is -0.120. The molecular weight excluding hydrogens is 522 g/mol. The molecule has 2 aliphatic rings. The van der Waals surface area contributed by atoms with Gasteiger partial charge >= 0.3 is 5.69 Å². The number of benzene rings is 1. The highest BCUT2D eigenvalue weighted by Crippen LogP contribution is 2.24. The van der Waals surface area contributed by atoms with Crippen LogP contribution in [-0.2, 0) is 24.9 Å². The van der Waals surface area contributed by atoms with Crippen LogP contribution in [0.4, 0.5) is 11.6 Å². The maximum absolute atomic E-state index is 13.9. The van der Waals surface area contributed by atoms with Crippen LogP contribution in [0.25, 0.3) is 11.2 Å². The van der Waals surface area contributed by atoms with Gasteiger partial charge in [-0.25, -0.2) is 4.79 Å². The number of piperidine rings is 1. The van der Waals surface area contributed by atoms with E-state index < -0.39 is 23.6 Å². The number of carbonyl (C=O) groups is 2. The van der Waals surface area contributed by atoms with Crippen LogP contribution in [0.2, 0.25) is 0 Å². The van der Waals surface area contributed by atoms with Crippen molar-refractivity contribution in [3.8, 4) is 0 Å². The average molecular weight is 560 g/mol. The number of ketones is 1. The summed E-state index contributed by atoms with van der Waals surface area (Å²) in [6, 6.07) is 6.66. The van der Waals surface area contributed by atoms with Crippen molar-refractivity contribution in [3.63, 3.8) is 0 Å². The number of allylic oxidation sites excluding steroid dienone is 3. The Labute approximate surface area is 238 Å². The Morgan fingerprint density at radius 1 is 1.15 bits per heavy atom. The van der Waals surface area contributed by atoms with E-state index in [1.54, 1.807) is 35.9 Å². The van der Waals surface area contributed by atoms with E-state index in [0.29, 0.717) is 36.7 Å². The van der Waals surface area contributed by atoms with Crippen molar-refractivity contribution in [2.45, 2.75) is 64.6 Å². The topological polar surface area (TPSA) is 137 Å². The summed E-state index contributed by atoms with van der Waals surface area (Å²) in [6.45, 7) is 3.13. The van der Waals surface area contributed by atoms with Gasteiger partial charge in [0.2, 0.25) is 5.95 Å². The smallest absolute Gasteiger partial charge is 0.332 e. The first-order valence-corrected chi connectivity index (χ1v) is 14.2. The maximum atomic E-state index is 13.9. The SMILES string of the molecule is C/C=C/Cn1c(N2CCCC(N)C2)nc2c1c(=O)n(CC(=O)c1ccccc1NC(=O)C1=CCCCC1)c(=O)n2C. The zero-order valence-electron chi connectivity index (χ0n) is 23.6. The van der Waals surface area contributed by atoms with Gasteiger partial charge in [0.05, 0.1) is 12.2 Å². The van der Waals surface area contributed by atoms with E-state index in [4.69, 9.17) is 10.7 Å². The summed E-state index contributed by atoms with van der Waals surface area (Å²) in [5, 5.41) is 2.86. The molecule has 3 N–H and O–H groups in total. The van der Waals surface area contributed by atoms with Crippen LogP contribution < -0.4 is 27.2 Å². The van der Waals surface area contributed by atoms with E-state index in [0.717, 1.165) is 43.2 Å². The molecule has 0 saturated carbocycles. The molecule has 2 aromatic heterocycles. The second kappa shape index (κ2) is 12.1. The second-order valence-corrected chi connectivity index (χ2v) is 10.7. The summed E-state index contributed by atoms with van der Waals surface area (Å²) in [6.07, 6.45) is 11.1. The van der Waals surface area contributed by atoms with Gasteiger partial charge in [-0.05, 0) is 57.6 Å². The number of imidazole rings is 1. The Balaban J connectivity index is 1.53. The standard InChI is InChI=1S/C30H37N7O4/c1-3-4-17-36-25-26(33-29(36)35-16-10-13-21(31)18-35)34(2)30(41)37(28(25)40)19-24(38)22-14-8-9-15-23(22)32-27(39)20-11-6-5-7-12-20/h3-4,8-9,11,14-15,21H,5-7,10,12-13,16-19,31H2,1-2H3,(H,32,39)/b4-3+. The molecular formula is C30H37N7O4. The first kappa shape index (κ1) is 28.3. The highest BCUT2D eigenvalue weighted by Gasteiger charge is 2.27. The number of anilines is 2. The first-order valence-electron chi connectivity index (χ1n) is 14.2. The second-order valence-electron chi connectivity index (χ2n) is 10.7. The molecule has 0 bridgehead atoms. The van der Waals surface area contributed by atoms with E-state index in [-0.39, 0.29) is 28.7 Å². The van der Waals surface area contributed by atoms with Crippen LogP contribution >= 0.6 is 0 Å². The number of nitrogens with two attached hydrogens (primary N) is 1. The van der Waals surface area contributed by atoms with Crippen molar-refractivity contribution in [1.29, 1.82) is 0 Å². The average Bonchev–Trinajstić information content (AvgIpc) is 3.37. The van der Waals surface area contributed by atoms with E-state index in [1.807, 2.05) is 25.2 Å². The number of carbonyl (C=O) groups excluding carboxylic acids is 2. The molecule has 0 spiro atoms. The molecule has 216 valence electrons.